The average molecular weight is 407 g/mol. The van der Waals surface area contributed by atoms with Crippen molar-refractivity contribution < 1.29 is 9.15 Å². The summed E-state index contributed by atoms with van der Waals surface area (Å²) in [6.45, 7) is 3.58. The summed E-state index contributed by atoms with van der Waals surface area (Å²) >= 11 is 1.56. The molecular weight excluding hydrogens is 384 g/mol. The second-order valence-corrected chi connectivity index (χ2v) is 8.12. The maximum Gasteiger partial charge on any atom is 0.276 e. The van der Waals surface area contributed by atoms with Gasteiger partial charge in [0.1, 0.15) is 0 Å². The molecule has 7 heteroatoms. The molecule has 4 aromatic rings. The van der Waals surface area contributed by atoms with Crippen molar-refractivity contribution in [2.75, 3.05) is 25.4 Å². The lowest BCUT2D eigenvalue weighted by Gasteiger charge is -2.32. The van der Waals surface area contributed by atoms with Crippen molar-refractivity contribution in [3.63, 3.8) is 0 Å². The van der Waals surface area contributed by atoms with E-state index in [0.29, 0.717) is 11.1 Å². The van der Waals surface area contributed by atoms with Crippen LogP contribution in [0, 0.1) is 0 Å². The number of hydrogen-bond acceptors (Lipinski definition) is 6. The topological polar surface area (TPSA) is 67.2 Å². The second-order valence-electron chi connectivity index (χ2n) is 7.15. The van der Waals surface area contributed by atoms with Crippen LogP contribution in [0.15, 0.2) is 70.4 Å². The summed E-state index contributed by atoms with van der Waals surface area (Å²) in [5.41, 5.74) is 3.33. The van der Waals surface area contributed by atoms with Gasteiger partial charge in [0.2, 0.25) is 0 Å². The maximum absolute atomic E-state index is 5.95. The van der Waals surface area contributed by atoms with Crippen LogP contribution < -0.4 is 0 Å². The van der Waals surface area contributed by atoms with E-state index in [-0.39, 0.29) is 6.10 Å². The smallest absolute Gasteiger partial charge is 0.276 e. The van der Waals surface area contributed by atoms with Gasteiger partial charge in [-0.1, -0.05) is 60.3 Å². The highest BCUT2D eigenvalue weighted by Crippen LogP contribution is 2.30. The van der Waals surface area contributed by atoms with E-state index in [9.17, 15) is 0 Å². The molecule has 5 rings (SSSR count). The Hall–Kier alpha value is -2.61. The van der Waals surface area contributed by atoms with Crippen molar-refractivity contribution in [2.24, 2.45) is 0 Å². The molecule has 0 bridgehead atoms. The van der Waals surface area contributed by atoms with Gasteiger partial charge in [0.15, 0.2) is 0 Å². The summed E-state index contributed by atoms with van der Waals surface area (Å²) in [6.07, 6.45) is 2.07. The number of morpholine rings is 1. The minimum atomic E-state index is 0.154. The zero-order chi connectivity index (χ0) is 19.5. The van der Waals surface area contributed by atoms with Crippen molar-refractivity contribution in [3.8, 4) is 11.5 Å². The van der Waals surface area contributed by atoms with Crippen LogP contribution in [0.3, 0.4) is 0 Å². The molecule has 0 saturated carbocycles. The van der Waals surface area contributed by atoms with Gasteiger partial charge >= 0.3 is 0 Å². The molecule has 2 aromatic carbocycles. The van der Waals surface area contributed by atoms with E-state index in [1.165, 1.54) is 5.56 Å². The van der Waals surface area contributed by atoms with Gasteiger partial charge in [0, 0.05) is 42.5 Å². The molecule has 6 nitrogen and oxygen atoms in total. The maximum atomic E-state index is 5.95. The minimum Gasteiger partial charge on any atom is -0.411 e. The van der Waals surface area contributed by atoms with Crippen LogP contribution in [0.2, 0.25) is 0 Å². The Kier molecular flexibility index (Phi) is 5.34. The fourth-order valence-electron chi connectivity index (χ4n) is 3.66. The fourth-order valence-corrected chi connectivity index (χ4v) is 4.42. The number of aromatic nitrogens is 3. The Bertz CT molecular complexity index is 1080. The summed E-state index contributed by atoms with van der Waals surface area (Å²) < 4.78 is 11.8. The third kappa shape index (κ3) is 4.22. The van der Waals surface area contributed by atoms with Crippen LogP contribution in [0.5, 0.6) is 0 Å². The van der Waals surface area contributed by atoms with Crippen LogP contribution >= 0.6 is 11.8 Å². The van der Waals surface area contributed by atoms with Crippen LogP contribution in [0.1, 0.15) is 5.56 Å². The number of H-pyrrole nitrogens is 1. The molecule has 0 aliphatic carbocycles. The first-order valence-electron chi connectivity index (χ1n) is 9.76. The Morgan fingerprint density at radius 2 is 1.93 bits per heavy atom. The highest BCUT2D eigenvalue weighted by molar-refractivity contribution is 7.99. The van der Waals surface area contributed by atoms with Gasteiger partial charge in [-0.05, 0) is 11.6 Å². The molecule has 0 spiro atoms. The van der Waals surface area contributed by atoms with Crippen LogP contribution in [0.25, 0.3) is 22.4 Å². The molecule has 1 saturated heterocycles. The summed E-state index contributed by atoms with van der Waals surface area (Å²) in [5, 5.41) is 10.1. The zero-order valence-corrected chi connectivity index (χ0v) is 16.8. The predicted molar refractivity (Wildman–Crippen MR) is 114 cm³/mol. The summed E-state index contributed by atoms with van der Waals surface area (Å²) in [4.78, 5) is 5.68. The highest BCUT2D eigenvalue weighted by Gasteiger charge is 2.22. The Morgan fingerprint density at radius 3 is 2.86 bits per heavy atom. The van der Waals surface area contributed by atoms with Crippen molar-refractivity contribution in [1.82, 2.24) is 20.1 Å². The Labute approximate surface area is 173 Å². The second kappa shape index (κ2) is 8.41. The molecule has 148 valence electrons. The number of fused-ring (bicyclic) bond motifs is 1. The number of hydrogen-bond donors (Lipinski definition) is 1. The average Bonchev–Trinajstić information content (AvgIpc) is 3.40. The van der Waals surface area contributed by atoms with E-state index in [4.69, 9.17) is 9.15 Å². The molecule has 1 N–H and O–H groups in total. The van der Waals surface area contributed by atoms with E-state index < -0.39 is 0 Å². The summed E-state index contributed by atoms with van der Waals surface area (Å²) in [6, 6.07) is 18.7. The van der Waals surface area contributed by atoms with E-state index in [1.807, 2.05) is 24.4 Å². The molecule has 0 unspecified atom stereocenters. The van der Waals surface area contributed by atoms with E-state index in [1.54, 1.807) is 11.8 Å². The molecule has 1 fully saturated rings. The van der Waals surface area contributed by atoms with Gasteiger partial charge in [-0.3, -0.25) is 4.90 Å². The normalized spacial score (nSPS) is 17.7. The minimum absolute atomic E-state index is 0.154. The molecule has 29 heavy (non-hydrogen) atoms. The quantitative estimate of drug-likeness (QED) is 0.484. The van der Waals surface area contributed by atoms with Gasteiger partial charge in [-0.25, -0.2) is 0 Å². The fraction of sp³-hybridized carbons (Fsp3) is 0.273. The van der Waals surface area contributed by atoms with Gasteiger partial charge in [0.05, 0.1) is 18.3 Å². The SMILES string of the molecule is c1ccc(CN2CCO[C@H](CSc3nnc(-c4c[nH]c5ccccc45)o3)C2)cc1. The van der Waals surface area contributed by atoms with Crippen LogP contribution in [-0.4, -0.2) is 51.6 Å². The first kappa shape index (κ1) is 18.4. The number of aromatic amines is 1. The van der Waals surface area contributed by atoms with Gasteiger partial charge < -0.3 is 14.1 Å². The van der Waals surface area contributed by atoms with E-state index in [2.05, 4.69) is 56.5 Å². The molecule has 1 aliphatic rings. The highest BCUT2D eigenvalue weighted by atomic mass is 32.2. The molecule has 3 heterocycles. The van der Waals surface area contributed by atoms with E-state index >= 15 is 0 Å². The monoisotopic (exact) mass is 406 g/mol. The lowest BCUT2D eigenvalue weighted by molar-refractivity contribution is -0.0187. The molecule has 1 atom stereocenters. The number of ether oxygens (including phenoxy) is 1. The standard InChI is InChI=1S/C22H22N4O2S/c1-2-6-16(7-3-1)13-26-10-11-27-17(14-26)15-29-22-25-24-21(28-22)19-12-23-20-9-5-4-8-18(19)20/h1-9,12,17,23H,10-11,13-15H2/t17-/m0/s1. The van der Waals surface area contributed by atoms with Crippen LogP contribution in [-0.2, 0) is 11.3 Å². The first-order chi connectivity index (χ1) is 14.3. The van der Waals surface area contributed by atoms with Gasteiger partial charge in [0.25, 0.3) is 11.1 Å². The Balaban J connectivity index is 1.20. The summed E-state index contributed by atoms with van der Waals surface area (Å²) in [7, 11) is 0. The summed E-state index contributed by atoms with van der Waals surface area (Å²) in [5.74, 6) is 1.33. The third-order valence-corrected chi connectivity index (χ3v) is 6.04. The molecule has 0 radical (unpaired) electrons. The number of nitrogens with zero attached hydrogens (tertiary/aromatic N) is 3. The zero-order valence-electron chi connectivity index (χ0n) is 16.0. The van der Waals surface area contributed by atoms with Gasteiger partial charge in [-0.2, -0.15) is 0 Å². The lowest BCUT2D eigenvalue weighted by Crippen LogP contribution is -2.43. The predicted octanol–water partition coefficient (Wildman–Crippen LogP) is 4.21. The molecule has 0 amide bonds. The lowest BCUT2D eigenvalue weighted by atomic mass is 10.2. The number of benzene rings is 2. The molecular formula is C22H22N4O2S. The van der Waals surface area contributed by atoms with Crippen molar-refractivity contribution in [2.45, 2.75) is 17.9 Å². The van der Waals surface area contributed by atoms with Crippen LogP contribution in [0.4, 0.5) is 0 Å². The largest absolute Gasteiger partial charge is 0.411 e. The number of rotatable bonds is 6. The third-order valence-electron chi connectivity index (χ3n) is 5.09. The number of nitrogens with one attached hydrogen (secondary N) is 1. The first-order valence-corrected chi connectivity index (χ1v) is 10.7. The number of para-hydroxylation sites is 1. The van der Waals surface area contributed by atoms with Crippen molar-refractivity contribution in [1.29, 1.82) is 0 Å². The van der Waals surface area contributed by atoms with E-state index in [0.717, 1.165) is 48.5 Å². The molecule has 2 aromatic heterocycles. The number of thioether (sulfide) groups is 1. The molecule has 1 aliphatic heterocycles. The van der Waals surface area contributed by atoms with Crippen molar-refractivity contribution in [3.05, 3.63) is 66.4 Å². The van der Waals surface area contributed by atoms with Gasteiger partial charge in [-0.15, -0.1) is 10.2 Å². The Morgan fingerprint density at radius 1 is 1.07 bits per heavy atom. The van der Waals surface area contributed by atoms with Crippen molar-refractivity contribution >= 4 is 22.7 Å².